The van der Waals surface area contributed by atoms with Gasteiger partial charge in [0.25, 0.3) is 0 Å². The van der Waals surface area contributed by atoms with Crippen LogP contribution >= 0.6 is 0 Å². The molecule has 1 N–H and O–H groups in total. The lowest BCUT2D eigenvalue weighted by Crippen LogP contribution is -2.32. The molecule has 138 valence electrons. The van der Waals surface area contributed by atoms with Crippen LogP contribution in [0.15, 0.2) is 41.0 Å². The molecule has 1 aliphatic heterocycles. The van der Waals surface area contributed by atoms with Crippen LogP contribution in [0.5, 0.6) is 11.5 Å². The van der Waals surface area contributed by atoms with Gasteiger partial charge in [-0.25, -0.2) is 0 Å². The van der Waals surface area contributed by atoms with Gasteiger partial charge in [-0.1, -0.05) is 0 Å². The Balaban J connectivity index is 1.58. The lowest BCUT2D eigenvalue weighted by molar-refractivity contribution is -0.129. The average Bonchev–Trinajstić information content (AvgIpc) is 3.30. The van der Waals surface area contributed by atoms with Gasteiger partial charge in [0.1, 0.15) is 17.3 Å². The van der Waals surface area contributed by atoms with E-state index in [1.165, 1.54) is 0 Å². The third-order valence-corrected chi connectivity index (χ3v) is 4.45. The highest BCUT2D eigenvalue weighted by Gasteiger charge is 2.34. The summed E-state index contributed by atoms with van der Waals surface area (Å²) in [5.41, 5.74) is 0.817. The van der Waals surface area contributed by atoms with Crippen molar-refractivity contribution in [1.29, 1.82) is 0 Å². The summed E-state index contributed by atoms with van der Waals surface area (Å²) in [6.45, 7) is 1.09. The van der Waals surface area contributed by atoms with Crippen LogP contribution in [0.3, 0.4) is 0 Å². The molecule has 0 spiro atoms. The average molecular weight is 358 g/mol. The molecule has 2 aromatic rings. The Kier molecular flexibility index (Phi) is 5.46. The van der Waals surface area contributed by atoms with Crippen molar-refractivity contribution in [2.45, 2.75) is 19.5 Å². The molecule has 1 saturated heterocycles. The summed E-state index contributed by atoms with van der Waals surface area (Å²) in [5.74, 6) is 1.52. The fourth-order valence-electron chi connectivity index (χ4n) is 3.04. The van der Waals surface area contributed by atoms with Gasteiger partial charge >= 0.3 is 0 Å². The number of likely N-dealkylation sites (tertiary alicyclic amines) is 1. The van der Waals surface area contributed by atoms with E-state index in [1.807, 2.05) is 12.1 Å². The fourth-order valence-corrected chi connectivity index (χ4v) is 3.04. The number of hydrogen-bond acceptors (Lipinski definition) is 5. The number of nitrogens with one attached hydrogen (secondary N) is 1. The first kappa shape index (κ1) is 17.8. The first-order chi connectivity index (χ1) is 12.6. The number of methoxy groups -OCH3 is 2. The van der Waals surface area contributed by atoms with Crippen LogP contribution in [0.4, 0.5) is 0 Å². The van der Waals surface area contributed by atoms with Crippen LogP contribution in [0.25, 0.3) is 0 Å². The monoisotopic (exact) mass is 358 g/mol. The zero-order chi connectivity index (χ0) is 18.5. The van der Waals surface area contributed by atoms with Crippen LogP contribution in [-0.4, -0.2) is 37.5 Å². The largest absolute Gasteiger partial charge is 0.497 e. The van der Waals surface area contributed by atoms with Crippen molar-refractivity contribution in [3.05, 3.63) is 47.9 Å². The number of hydrogen-bond donors (Lipinski definition) is 1. The maximum Gasteiger partial charge on any atom is 0.225 e. The molecule has 26 heavy (non-hydrogen) atoms. The Morgan fingerprint density at radius 3 is 2.85 bits per heavy atom. The van der Waals surface area contributed by atoms with E-state index in [0.29, 0.717) is 36.9 Å². The molecule has 1 aromatic heterocycles. The van der Waals surface area contributed by atoms with Gasteiger partial charge in [0, 0.05) is 25.1 Å². The van der Waals surface area contributed by atoms with Crippen LogP contribution in [-0.2, 0) is 22.7 Å². The summed E-state index contributed by atoms with van der Waals surface area (Å²) in [5, 5.41) is 2.89. The summed E-state index contributed by atoms with van der Waals surface area (Å²) in [7, 11) is 3.16. The van der Waals surface area contributed by atoms with Crippen molar-refractivity contribution in [2.75, 3.05) is 20.8 Å². The van der Waals surface area contributed by atoms with Gasteiger partial charge < -0.3 is 24.1 Å². The number of ether oxygens (including phenoxy) is 2. The molecule has 7 heteroatoms. The second kappa shape index (κ2) is 7.95. The molecule has 0 bridgehead atoms. The van der Waals surface area contributed by atoms with Gasteiger partial charge in [-0.2, -0.15) is 0 Å². The van der Waals surface area contributed by atoms with Gasteiger partial charge in [-0.05, 0) is 30.3 Å². The van der Waals surface area contributed by atoms with E-state index in [-0.39, 0.29) is 24.2 Å². The van der Waals surface area contributed by atoms with E-state index in [9.17, 15) is 9.59 Å². The maximum absolute atomic E-state index is 12.5. The first-order valence-corrected chi connectivity index (χ1v) is 8.39. The van der Waals surface area contributed by atoms with Crippen LogP contribution < -0.4 is 14.8 Å². The van der Waals surface area contributed by atoms with E-state index < -0.39 is 0 Å². The topological polar surface area (TPSA) is 81.0 Å². The summed E-state index contributed by atoms with van der Waals surface area (Å²) in [4.78, 5) is 26.3. The van der Waals surface area contributed by atoms with Gasteiger partial charge in [-0.15, -0.1) is 0 Å². The Hall–Kier alpha value is -2.96. The predicted octanol–water partition coefficient (Wildman–Crippen LogP) is 1.96. The zero-order valence-electron chi connectivity index (χ0n) is 14.9. The highest BCUT2D eigenvalue weighted by atomic mass is 16.5. The van der Waals surface area contributed by atoms with Crippen molar-refractivity contribution >= 4 is 11.8 Å². The third-order valence-electron chi connectivity index (χ3n) is 4.45. The first-order valence-electron chi connectivity index (χ1n) is 8.39. The summed E-state index contributed by atoms with van der Waals surface area (Å²) in [6.07, 6.45) is 1.78. The smallest absolute Gasteiger partial charge is 0.225 e. The van der Waals surface area contributed by atoms with Gasteiger partial charge in [-0.3, -0.25) is 9.59 Å². The van der Waals surface area contributed by atoms with E-state index in [0.717, 1.165) is 5.56 Å². The SMILES string of the molecule is COc1ccc(OC)c(CNC(=O)[C@H]2CC(=O)N(Cc3ccco3)C2)c1. The number of carbonyl (C=O) groups is 2. The van der Waals surface area contributed by atoms with Crippen molar-refractivity contribution in [1.82, 2.24) is 10.2 Å². The Morgan fingerprint density at radius 2 is 2.15 bits per heavy atom. The molecule has 1 aliphatic rings. The Bertz CT molecular complexity index is 772. The number of carbonyl (C=O) groups excluding carboxylic acids is 2. The second-order valence-electron chi connectivity index (χ2n) is 6.15. The van der Waals surface area contributed by atoms with Crippen molar-refractivity contribution in [3.63, 3.8) is 0 Å². The number of nitrogens with zero attached hydrogens (tertiary/aromatic N) is 1. The van der Waals surface area contributed by atoms with Crippen molar-refractivity contribution in [3.8, 4) is 11.5 Å². The minimum Gasteiger partial charge on any atom is -0.497 e. The van der Waals surface area contributed by atoms with Crippen molar-refractivity contribution < 1.29 is 23.5 Å². The minimum absolute atomic E-state index is 0.0412. The molecule has 2 heterocycles. The molecule has 0 unspecified atom stereocenters. The molecule has 1 atom stereocenters. The Labute approximate surface area is 151 Å². The van der Waals surface area contributed by atoms with E-state index in [1.54, 1.807) is 43.6 Å². The standard InChI is InChI=1S/C19H22N2O5/c1-24-15-5-6-17(25-2)13(8-15)10-20-19(23)14-9-18(22)21(11-14)12-16-4-3-7-26-16/h3-8,14H,9-12H2,1-2H3,(H,20,23)/t14-/m0/s1. The molecular formula is C19H22N2O5. The molecular weight excluding hydrogens is 336 g/mol. The summed E-state index contributed by atoms with van der Waals surface area (Å²) >= 11 is 0. The minimum atomic E-state index is -0.367. The van der Waals surface area contributed by atoms with Crippen LogP contribution in [0, 0.1) is 5.92 Å². The molecule has 7 nitrogen and oxygen atoms in total. The lowest BCUT2D eigenvalue weighted by atomic mass is 10.1. The summed E-state index contributed by atoms with van der Waals surface area (Å²) < 4.78 is 15.8. The second-order valence-corrected chi connectivity index (χ2v) is 6.15. The summed E-state index contributed by atoms with van der Waals surface area (Å²) in [6, 6.07) is 9.01. The number of benzene rings is 1. The normalized spacial score (nSPS) is 16.6. The third kappa shape index (κ3) is 3.99. The van der Waals surface area contributed by atoms with Gasteiger partial charge in [0.15, 0.2) is 0 Å². The highest BCUT2D eigenvalue weighted by Crippen LogP contribution is 2.25. The van der Waals surface area contributed by atoms with E-state index in [4.69, 9.17) is 13.9 Å². The number of furan rings is 1. The zero-order valence-corrected chi connectivity index (χ0v) is 14.9. The number of amides is 2. The maximum atomic E-state index is 12.5. The molecule has 3 rings (SSSR count). The van der Waals surface area contributed by atoms with E-state index >= 15 is 0 Å². The molecule has 2 amide bonds. The van der Waals surface area contributed by atoms with E-state index in [2.05, 4.69) is 5.32 Å². The molecule has 0 aliphatic carbocycles. The molecule has 1 aromatic carbocycles. The van der Waals surface area contributed by atoms with Gasteiger partial charge in [0.05, 0.1) is 32.9 Å². The fraction of sp³-hybridized carbons (Fsp3) is 0.368. The Morgan fingerprint density at radius 1 is 1.31 bits per heavy atom. The lowest BCUT2D eigenvalue weighted by Gasteiger charge is -2.15. The van der Waals surface area contributed by atoms with Crippen LogP contribution in [0.2, 0.25) is 0 Å². The number of rotatable bonds is 7. The quantitative estimate of drug-likeness (QED) is 0.818. The molecule has 0 saturated carbocycles. The van der Waals surface area contributed by atoms with Crippen molar-refractivity contribution in [2.24, 2.45) is 5.92 Å². The molecule has 1 fully saturated rings. The van der Waals surface area contributed by atoms with Gasteiger partial charge in [0.2, 0.25) is 11.8 Å². The highest BCUT2D eigenvalue weighted by molar-refractivity contribution is 5.89. The predicted molar refractivity (Wildman–Crippen MR) is 93.6 cm³/mol. The van der Waals surface area contributed by atoms with Crippen LogP contribution in [0.1, 0.15) is 17.7 Å². The molecule has 0 radical (unpaired) electrons.